The lowest BCUT2D eigenvalue weighted by Gasteiger charge is -2.11. The van der Waals surface area contributed by atoms with Crippen molar-refractivity contribution in [2.24, 2.45) is 10.7 Å². The largest absolute Gasteiger partial charge is 0.370 e. The summed E-state index contributed by atoms with van der Waals surface area (Å²) in [5.74, 6) is 0.446. The van der Waals surface area contributed by atoms with E-state index in [1.54, 1.807) is 0 Å². The van der Waals surface area contributed by atoms with Crippen LogP contribution in [-0.4, -0.2) is 5.96 Å². The first-order chi connectivity index (χ1) is 9.16. The monoisotopic (exact) mass is 253 g/mol. The summed E-state index contributed by atoms with van der Waals surface area (Å²) in [4.78, 5) is 4.36. The van der Waals surface area contributed by atoms with Gasteiger partial charge in [-0.15, -0.1) is 0 Å². The molecule has 3 heteroatoms. The van der Waals surface area contributed by atoms with E-state index in [4.69, 9.17) is 5.73 Å². The number of para-hydroxylation sites is 1. The lowest BCUT2D eigenvalue weighted by atomic mass is 10.1. The van der Waals surface area contributed by atoms with Gasteiger partial charge in [0, 0.05) is 5.69 Å². The zero-order chi connectivity index (χ0) is 13.7. The van der Waals surface area contributed by atoms with Crippen LogP contribution in [0.1, 0.15) is 16.7 Å². The van der Waals surface area contributed by atoms with Gasteiger partial charge in [0.25, 0.3) is 0 Å². The van der Waals surface area contributed by atoms with Crippen molar-refractivity contribution in [3.05, 3.63) is 65.2 Å². The highest BCUT2D eigenvalue weighted by Gasteiger charge is 2.02. The molecule has 0 saturated heterocycles. The number of nitrogens with two attached hydrogens (primary N) is 1. The third-order valence-corrected chi connectivity index (χ3v) is 3.01. The maximum Gasteiger partial charge on any atom is 0.193 e. The predicted molar refractivity (Wildman–Crippen MR) is 81.3 cm³/mol. The number of nitrogens with one attached hydrogen (secondary N) is 1. The molecule has 0 aromatic heterocycles. The van der Waals surface area contributed by atoms with E-state index < -0.39 is 0 Å². The van der Waals surface area contributed by atoms with E-state index in [2.05, 4.69) is 36.3 Å². The quantitative estimate of drug-likeness (QED) is 0.651. The van der Waals surface area contributed by atoms with E-state index in [1.807, 2.05) is 36.4 Å². The molecule has 0 spiro atoms. The Bertz CT molecular complexity index is 554. The number of aryl methyl sites for hydroxylation is 2. The topological polar surface area (TPSA) is 50.4 Å². The van der Waals surface area contributed by atoms with Gasteiger partial charge in [-0.25, -0.2) is 4.99 Å². The molecule has 2 aromatic carbocycles. The second kappa shape index (κ2) is 6.05. The molecule has 19 heavy (non-hydrogen) atoms. The van der Waals surface area contributed by atoms with Crippen LogP contribution in [0.2, 0.25) is 0 Å². The number of benzene rings is 2. The minimum atomic E-state index is 0.446. The fourth-order valence-corrected chi connectivity index (χ4v) is 1.94. The van der Waals surface area contributed by atoms with Crippen molar-refractivity contribution in [1.29, 1.82) is 0 Å². The van der Waals surface area contributed by atoms with Gasteiger partial charge in [0.1, 0.15) is 0 Å². The summed E-state index contributed by atoms with van der Waals surface area (Å²) in [5, 5.41) is 3.18. The summed E-state index contributed by atoms with van der Waals surface area (Å²) < 4.78 is 0. The second-order valence-electron chi connectivity index (χ2n) is 4.58. The third kappa shape index (κ3) is 3.58. The normalized spacial score (nSPS) is 11.4. The number of hydrogen-bond donors (Lipinski definition) is 2. The van der Waals surface area contributed by atoms with Crippen LogP contribution in [0.15, 0.2) is 53.5 Å². The molecule has 0 unspecified atom stereocenters. The second-order valence-corrected chi connectivity index (χ2v) is 4.58. The van der Waals surface area contributed by atoms with Gasteiger partial charge >= 0.3 is 0 Å². The molecule has 0 bridgehead atoms. The smallest absolute Gasteiger partial charge is 0.193 e. The van der Waals surface area contributed by atoms with Crippen molar-refractivity contribution in [2.45, 2.75) is 20.4 Å². The Balaban J connectivity index is 2.07. The molecule has 0 aliphatic carbocycles. The number of rotatable bonds is 3. The van der Waals surface area contributed by atoms with Crippen LogP contribution in [-0.2, 0) is 6.54 Å². The molecule has 0 atom stereocenters. The van der Waals surface area contributed by atoms with Gasteiger partial charge in [-0.2, -0.15) is 0 Å². The Morgan fingerprint density at radius 3 is 2.26 bits per heavy atom. The maximum atomic E-state index is 5.93. The Kier molecular flexibility index (Phi) is 4.18. The van der Waals surface area contributed by atoms with Crippen molar-refractivity contribution in [1.82, 2.24) is 0 Å². The third-order valence-electron chi connectivity index (χ3n) is 3.01. The Labute approximate surface area is 114 Å². The minimum absolute atomic E-state index is 0.446. The number of nitrogens with zero attached hydrogens (tertiary/aromatic N) is 1. The van der Waals surface area contributed by atoms with Gasteiger partial charge in [-0.1, -0.05) is 48.5 Å². The van der Waals surface area contributed by atoms with E-state index in [9.17, 15) is 0 Å². The first kappa shape index (κ1) is 13.1. The molecule has 0 radical (unpaired) electrons. The molecule has 0 aliphatic heterocycles. The number of hydrogen-bond acceptors (Lipinski definition) is 1. The highest BCUT2D eigenvalue weighted by atomic mass is 15.1. The Hall–Kier alpha value is -2.29. The lowest BCUT2D eigenvalue weighted by Crippen LogP contribution is -2.23. The lowest BCUT2D eigenvalue weighted by molar-refractivity contribution is 1.06. The SMILES string of the molecule is Cc1cccc(C)c1NC(N)=NCc1ccccc1. The highest BCUT2D eigenvalue weighted by Crippen LogP contribution is 2.18. The van der Waals surface area contributed by atoms with Crippen LogP contribution in [0, 0.1) is 13.8 Å². The van der Waals surface area contributed by atoms with Gasteiger partial charge in [-0.3, -0.25) is 0 Å². The fraction of sp³-hybridized carbons (Fsp3) is 0.188. The van der Waals surface area contributed by atoms with Crippen LogP contribution in [0.5, 0.6) is 0 Å². The first-order valence-electron chi connectivity index (χ1n) is 6.34. The van der Waals surface area contributed by atoms with Crippen molar-refractivity contribution in [3.8, 4) is 0 Å². The summed E-state index contributed by atoms with van der Waals surface area (Å²) in [6, 6.07) is 16.2. The molecular formula is C16H19N3. The molecule has 3 N–H and O–H groups in total. The molecule has 0 saturated carbocycles. The standard InChI is InChI=1S/C16H19N3/c1-12-7-6-8-13(2)15(12)19-16(17)18-11-14-9-4-3-5-10-14/h3-10H,11H2,1-2H3,(H3,17,18,19). The molecule has 0 heterocycles. The minimum Gasteiger partial charge on any atom is -0.370 e. The van der Waals surface area contributed by atoms with Crippen molar-refractivity contribution in [2.75, 3.05) is 5.32 Å². The average molecular weight is 253 g/mol. The molecule has 2 rings (SSSR count). The Morgan fingerprint density at radius 2 is 1.63 bits per heavy atom. The molecule has 3 nitrogen and oxygen atoms in total. The molecule has 0 fully saturated rings. The molecule has 0 amide bonds. The summed E-state index contributed by atoms with van der Waals surface area (Å²) in [5.41, 5.74) is 10.4. The fourth-order valence-electron chi connectivity index (χ4n) is 1.94. The first-order valence-corrected chi connectivity index (χ1v) is 6.34. The predicted octanol–water partition coefficient (Wildman–Crippen LogP) is 3.23. The summed E-state index contributed by atoms with van der Waals surface area (Å²) in [6.45, 7) is 4.70. The van der Waals surface area contributed by atoms with Gasteiger partial charge in [0.2, 0.25) is 0 Å². The number of guanidine groups is 1. The van der Waals surface area contributed by atoms with E-state index in [0.717, 1.165) is 22.4 Å². The van der Waals surface area contributed by atoms with Crippen LogP contribution in [0.4, 0.5) is 5.69 Å². The van der Waals surface area contributed by atoms with E-state index >= 15 is 0 Å². The molecule has 98 valence electrons. The average Bonchev–Trinajstić information content (AvgIpc) is 2.42. The van der Waals surface area contributed by atoms with Crippen molar-refractivity contribution in [3.63, 3.8) is 0 Å². The van der Waals surface area contributed by atoms with Crippen LogP contribution in [0.25, 0.3) is 0 Å². The molecular weight excluding hydrogens is 234 g/mol. The molecule has 2 aromatic rings. The summed E-state index contributed by atoms with van der Waals surface area (Å²) in [7, 11) is 0. The number of anilines is 1. The van der Waals surface area contributed by atoms with Gasteiger partial charge < -0.3 is 11.1 Å². The van der Waals surface area contributed by atoms with E-state index in [-0.39, 0.29) is 0 Å². The van der Waals surface area contributed by atoms with Gasteiger partial charge in [0.15, 0.2) is 5.96 Å². The van der Waals surface area contributed by atoms with E-state index in [0.29, 0.717) is 12.5 Å². The van der Waals surface area contributed by atoms with E-state index in [1.165, 1.54) is 0 Å². The zero-order valence-electron chi connectivity index (χ0n) is 11.4. The summed E-state index contributed by atoms with van der Waals surface area (Å²) >= 11 is 0. The zero-order valence-corrected chi connectivity index (χ0v) is 11.4. The van der Waals surface area contributed by atoms with Crippen LogP contribution < -0.4 is 11.1 Å². The van der Waals surface area contributed by atoms with Crippen molar-refractivity contribution >= 4 is 11.6 Å². The van der Waals surface area contributed by atoms with Crippen LogP contribution >= 0.6 is 0 Å². The maximum absolute atomic E-state index is 5.93. The Morgan fingerprint density at radius 1 is 1.00 bits per heavy atom. The molecule has 0 aliphatic rings. The number of aliphatic imine (C=N–C) groups is 1. The van der Waals surface area contributed by atoms with Gasteiger partial charge in [0.05, 0.1) is 6.54 Å². The van der Waals surface area contributed by atoms with Gasteiger partial charge in [-0.05, 0) is 30.5 Å². The van der Waals surface area contributed by atoms with Crippen molar-refractivity contribution < 1.29 is 0 Å². The van der Waals surface area contributed by atoms with Crippen LogP contribution in [0.3, 0.4) is 0 Å². The summed E-state index contributed by atoms with van der Waals surface area (Å²) in [6.07, 6.45) is 0. The highest BCUT2D eigenvalue weighted by molar-refractivity contribution is 5.93.